The lowest BCUT2D eigenvalue weighted by Crippen LogP contribution is -2.27. The van der Waals surface area contributed by atoms with E-state index in [4.69, 9.17) is 0 Å². The van der Waals surface area contributed by atoms with Crippen LogP contribution in [-0.2, 0) is 6.54 Å². The molecule has 0 saturated heterocycles. The van der Waals surface area contributed by atoms with E-state index >= 15 is 0 Å². The van der Waals surface area contributed by atoms with Crippen LogP contribution in [0.4, 0.5) is 0 Å². The first-order valence-electron chi connectivity index (χ1n) is 4.45. The molecular formula is C9H17N3S. The number of thioether (sulfide) groups is 1. The Morgan fingerprint density at radius 3 is 3.00 bits per heavy atom. The molecule has 0 saturated carbocycles. The van der Waals surface area contributed by atoms with Crippen molar-refractivity contribution in [1.82, 2.24) is 15.3 Å². The molecule has 1 atom stereocenters. The molecule has 74 valence electrons. The fraction of sp³-hybridized carbons (Fsp3) is 0.667. The third kappa shape index (κ3) is 3.83. The number of aryl methyl sites for hydroxylation is 1. The fourth-order valence-corrected chi connectivity index (χ4v) is 1.77. The Bertz CT molecular complexity index is 247. The molecule has 0 aliphatic heterocycles. The molecule has 0 fully saturated rings. The maximum atomic E-state index is 4.14. The van der Waals surface area contributed by atoms with Gasteiger partial charge in [0.25, 0.3) is 0 Å². The van der Waals surface area contributed by atoms with E-state index in [9.17, 15) is 0 Å². The molecule has 13 heavy (non-hydrogen) atoms. The molecule has 3 nitrogen and oxygen atoms in total. The molecule has 0 aliphatic carbocycles. The molecule has 0 amide bonds. The summed E-state index contributed by atoms with van der Waals surface area (Å²) in [6.45, 7) is 5.04. The first kappa shape index (κ1) is 10.6. The summed E-state index contributed by atoms with van der Waals surface area (Å²) in [4.78, 5) is 7.33. The lowest BCUT2D eigenvalue weighted by molar-refractivity contribution is 0.589. The van der Waals surface area contributed by atoms with Crippen LogP contribution in [0.3, 0.4) is 0 Å². The highest BCUT2D eigenvalue weighted by atomic mass is 32.2. The van der Waals surface area contributed by atoms with Crippen LogP contribution < -0.4 is 5.32 Å². The van der Waals surface area contributed by atoms with Crippen LogP contribution in [0.5, 0.6) is 0 Å². The predicted octanol–water partition coefficient (Wildman–Crippen LogP) is 1.56. The van der Waals surface area contributed by atoms with Crippen LogP contribution in [-0.4, -0.2) is 28.0 Å². The average molecular weight is 199 g/mol. The summed E-state index contributed by atoms with van der Waals surface area (Å²) >= 11 is 1.86. The molecule has 1 unspecified atom stereocenters. The number of nitrogens with zero attached hydrogens (tertiary/aromatic N) is 1. The van der Waals surface area contributed by atoms with Crippen molar-refractivity contribution in [3.63, 3.8) is 0 Å². The molecule has 0 aromatic carbocycles. The van der Waals surface area contributed by atoms with Gasteiger partial charge in [0.15, 0.2) is 0 Å². The monoisotopic (exact) mass is 199 g/mol. The Morgan fingerprint density at radius 1 is 1.69 bits per heavy atom. The smallest absolute Gasteiger partial charge is 0.103 e. The summed E-state index contributed by atoms with van der Waals surface area (Å²) in [5, 5.41) is 3.42. The number of hydrogen-bond donors (Lipinski definition) is 2. The van der Waals surface area contributed by atoms with Crippen LogP contribution in [0, 0.1) is 6.92 Å². The summed E-state index contributed by atoms with van der Waals surface area (Å²) < 4.78 is 0. The molecule has 2 N–H and O–H groups in total. The molecule has 4 heteroatoms. The van der Waals surface area contributed by atoms with Crippen molar-refractivity contribution < 1.29 is 0 Å². The van der Waals surface area contributed by atoms with Crippen LogP contribution in [0.2, 0.25) is 0 Å². The summed E-state index contributed by atoms with van der Waals surface area (Å²) in [5.74, 6) is 2.13. The van der Waals surface area contributed by atoms with E-state index in [2.05, 4.69) is 28.5 Å². The zero-order chi connectivity index (χ0) is 9.68. The Labute approximate surface area is 83.7 Å². The number of imidazole rings is 1. The molecule has 0 aliphatic rings. The third-order valence-corrected chi connectivity index (χ3v) is 2.65. The van der Waals surface area contributed by atoms with Crippen molar-refractivity contribution in [3.05, 3.63) is 17.7 Å². The minimum atomic E-state index is 0.554. The zero-order valence-electron chi connectivity index (χ0n) is 8.42. The Balaban J connectivity index is 2.26. The summed E-state index contributed by atoms with van der Waals surface area (Å²) in [7, 11) is 0. The van der Waals surface area contributed by atoms with Crippen LogP contribution >= 0.6 is 11.8 Å². The van der Waals surface area contributed by atoms with Gasteiger partial charge in [-0.15, -0.1) is 0 Å². The van der Waals surface area contributed by atoms with Gasteiger partial charge in [-0.1, -0.05) is 0 Å². The molecule has 0 bridgehead atoms. The highest BCUT2D eigenvalue weighted by Crippen LogP contribution is 1.99. The van der Waals surface area contributed by atoms with Crippen LogP contribution in [0.1, 0.15) is 18.4 Å². The maximum Gasteiger partial charge on any atom is 0.103 e. The number of H-pyrrole nitrogens is 1. The van der Waals surface area contributed by atoms with Crippen LogP contribution in [0.15, 0.2) is 6.20 Å². The minimum absolute atomic E-state index is 0.554. The van der Waals surface area contributed by atoms with Gasteiger partial charge in [0.1, 0.15) is 5.82 Å². The topological polar surface area (TPSA) is 40.7 Å². The lowest BCUT2D eigenvalue weighted by atomic mass is 10.3. The van der Waals surface area contributed by atoms with Gasteiger partial charge in [0.05, 0.1) is 0 Å². The fourth-order valence-electron chi connectivity index (χ4n) is 1.15. The molecule has 1 aromatic heterocycles. The van der Waals surface area contributed by atoms with Crippen molar-refractivity contribution in [2.24, 2.45) is 0 Å². The largest absolute Gasteiger partial charge is 0.345 e. The van der Waals surface area contributed by atoms with Gasteiger partial charge in [0.2, 0.25) is 0 Å². The van der Waals surface area contributed by atoms with Gasteiger partial charge in [-0.05, 0) is 20.1 Å². The van der Waals surface area contributed by atoms with Crippen molar-refractivity contribution in [1.29, 1.82) is 0 Å². The quantitative estimate of drug-likeness (QED) is 0.756. The van der Waals surface area contributed by atoms with E-state index in [1.165, 1.54) is 0 Å². The third-order valence-electron chi connectivity index (χ3n) is 1.81. The summed E-state index contributed by atoms with van der Waals surface area (Å²) in [5.41, 5.74) is 1.16. The standard InChI is InChI=1S/C9H17N3S/c1-7(6-13-3)10-4-9-5-11-8(2)12-9/h5,7,10H,4,6H2,1-3H3,(H,11,12). The van der Waals surface area contributed by atoms with Gasteiger partial charge in [-0.3, -0.25) is 0 Å². The maximum absolute atomic E-state index is 4.14. The second kappa shape index (κ2) is 5.29. The normalized spacial score (nSPS) is 13.2. The molecule has 1 aromatic rings. The van der Waals surface area contributed by atoms with Crippen molar-refractivity contribution in [3.8, 4) is 0 Å². The molecule has 1 heterocycles. The molecule has 0 radical (unpaired) electrons. The number of rotatable bonds is 5. The summed E-state index contributed by atoms with van der Waals surface area (Å²) in [6, 6.07) is 0.554. The zero-order valence-corrected chi connectivity index (χ0v) is 9.24. The van der Waals surface area contributed by atoms with Gasteiger partial charge >= 0.3 is 0 Å². The number of nitrogens with one attached hydrogen (secondary N) is 2. The first-order valence-corrected chi connectivity index (χ1v) is 5.84. The van der Waals surface area contributed by atoms with E-state index in [-0.39, 0.29) is 0 Å². The van der Waals surface area contributed by atoms with E-state index in [0.29, 0.717) is 6.04 Å². The molecule has 0 spiro atoms. The molecular weight excluding hydrogens is 182 g/mol. The average Bonchev–Trinajstić information content (AvgIpc) is 2.49. The van der Waals surface area contributed by atoms with E-state index in [0.717, 1.165) is 23.8 Å². The Kier molecular flexibility index (Phi) is 4.32. The lowest BCUT2D eigenvalue weighted by Gasteiger charge is -2.10. The van der Waals surface area contributed by atoms with Crippen molar-refractivity contribution in [2.75, 3.05) is 12.0 Å². The number of hydrogen-bond acceptors (Lipinski definition) is 3. The van der Waals surface area contributed by atoms with E-state index in [1.807, 2.05) is 24.9 Å². The van der Waals surface area contributed by atoms with Gasteiger partial charge in [0, 0.05) is 30.2 Å². The number of aromatic amines is 1. The van der Waals surface area contributed by atoms with Gasteiger partial charge in [-0.2, -0.15) is 11.8 Å². The van der Waals surface area contributed by atoms with E-state index in [1.54, 1.807) is 0 Å². The second-order valence-electron chi connectivity index (χ2n) is 3.23. The first-order chi connectivity index (χ1) is 6.22. The summed E-state index contributed by atoms with van der Waals surface area (Å²) in [6.07, 6.45) is 4.01. The number of aromatic nitrogens is 2. The highest BCUT2D eigenvalue weighted by molar-refractivity contribution is 7.98. The Morgan fingerprint density at radius 2 is 2.46 bits per heavy atom. The second-order valence-corrected chi connectivity index (χ2v) is 4.14. The van der Waals surface area contributed by atoms with Crippen LogP contribution in [0.25, 0.3) is 0 Å². The molecule has 1 rings (SSSR count). The van der Waals surface area contributed by atoms with Crippen molar-refractivity contribution >= 4 is 11.8 Å². The van der Waals surface area contributed by atoms with E-state index < -0.39 is 0 Å². The van der Waals surface area contributed by atoms with Crippen molar-refractivity contribution in [2.45, 2.75) is 26.4 Å². The highest BCUT2D eigenvalue weighted by Gasteiger charge is 2.01. The van der Waals surface area contributed by atoms with Gasteiger partial charge < -0.3 is 10.3 Å². The Hall–Kier alpha value is -0.480. The SMILES string of the molecule is CSCC(C)NCc1cnc(C)[nH]1. The minimum Gasteiger partial charge on any atom is -0.345 e. The van der Waals surface area contributed by atoms with Gasteiger partial charge in [-0.25, -0.2) is 4.98 Å². The predicted molar refractivity (Wildman–Crippen MR) is 58.0 cm³/mol.